The number of ether oxygens (including phenoxy) is 2. The summed E-state index contributed by atoms with van der Waals surface area (Å²) >= 11 is 0. The Morgan fingerprint density at radius 2 is 1.61 bits per heavy atom. The van der Waals surface area contributed by atoms with E-state index in [0.29, 0.717) is 6.61 Å². The van der Waals surface area contributed by atoms with Crippen molar-refractivity contribution in [3.8, 4) is 5.75 Å². The number of fused-ring (bicyclic) bond motifs is 3. The fourth-order valence-corrected chi connectivity index (χ4v) is 5.20. The van der Waals surface area contributed by atoms with E-state index in [9.17, 15) is 8.42 Å². The summed E-state index contributed by atoms with van der Waals surface area (Å²) in [6.45, 7) is 2.61. The van der Waals surface area contributed by atoms with Gasteiger partial charge in [0.25, 0.3) is 10.1 Å². The quantitative estimate of drug-likeness (QED) is 0.678. The third kappa shape index (κ3) is 3.56. The van der Waals surface area contributed by atoms with Gasteiger partial charge in [-0.2, -0.15) is 8.42 Å². The molecule has 1 aliphatic carbocycles. The predicted octanol–water partition coefficient (Wildman–Crippen LogP) is 4.20. The Labute approximate surface area is 166 Å². The SMILES string of the molecule is COc1ccc(C23CCC(COS(=O)(=O)c4ccc(C)cc4)(CC2)CO3)cc1. The largest absolute Gasteiger partial charge is 0.497 e. The van der Waals surface area contributed by atoms with Gasteiger partial charge in [-0.1, -0.05) is 29.8 Å². The molecule has 2 aliphatic heterocycles. The molecule has 5 nitrogen and oxygen atoms in total. The van der Waals surface area contributed by atoms with Crippen LogP contribution < -0.4 is 4.74 Å². The van der Waals surface area contributed by atoms with Crippen LogP contribution in [0.4, 0.5) is 0 Å². The van der Waals surface area contributed by atoms with Gasteiger partial charge in [-0.25, -0.2) is 0 Å². The molecule has 5 rings (SSSR count). The summed E-state index contributed by atoms with van der Waals surface area (Å²) in [6.07, 6.45) is 3.52. The predicted molar refractivity (Wildman–Crippen MR) is 106 cm³/mol. The number of rotatable bonds is 6. The molecule has 2 bridgehead atoms. The van der Waals surface area contributed by atoms with E-state index in [1.165, 1.54) is 0 Å². The number of benzene rings is 2. The highest BCUT2D eigenvalue weighted by atomic mass is 32.2. The lowest BCUT2D eigenvalue weighted by Crippen LogP contribution is -2.51. The molecular formula is C22H26O5S. The maximum Gasteiger partial charge on any atom is 0.296 e. The second-order valence-electron chi connectivity index (χ2n) is 8.04. The normalized spacial score (nSPS) is 26.9. The minimum Gasteiger partial charge on any atom is -0.497 e. The van der Waals surface area contributed by atoms with Gasteiger partial charge in [-0.05, 0) is 62.4 Å². The molecule has 2 heterocycles. The maximum atomic E-state index is 12.5. The Balaban J connectivity index is 1.43. The van der Waals surface area contributed by atoms with Gasteiger partial charge in [-0.15, -0.1) is 0 Å². The van der Waals surface area contributed by atoms with Gasteiger partial charge in [0.05, 0.1) is 30.8 Å². The lowest BCUT2D eigenvalue weighted by atomic mass is 9.64. The van der Waals surface area contributed by atoms with E-state index in [4.69, 9.17) is 13.7 Å². The van der Waals surface area contributed by atoms with Gasteiger partial charge in [0.1, 0.15) is 5.75 Å². The molecule has 0 unspecified atom stereocenters. The molecule has 3 fully saturated rings. The highest BCUT2D eigenvalue weighted by Gasteiger charge is 2.51. The lowest BCUT2D eigenvalue weighted by Gasteiger charge is -2.53. The third-order valence-electron chi connectivity index (χ3n) is 6.22. The zero-order chi connectivity index (χ0) is 19.8. The van der Waals surface area contributed by atoms with Crippen LogP contribution in [0, 0.1) is 12.3 Å². The van der Waals surface area contributed by atoms with Gasteiger partial charge < -0.3 is 9.47 Å². The number of hydrogen-bond donors (Lipinski definition) is 0. The first-order valence-electron chi connectivity index (χ1n) is 9.61. The van der Waals surface area contributed by atoms with Gasteiger partial charge in [-0.3, -0.25) is 4.18 Å². The second-order valence-corrected chi connectivity index (χ2v) is 9.66. The van der Waals surface area contributed by atoms with Crippen molar-refractivity contribution in [2.75, 3.05) is 20.3 Å². The first-order valence-corrected chi connectivity index (χ1v) is 11.0. The Bertz CT molecular complexity index is 907. The summed E-state index contributed by atoms with van der Waals surface area (Å²) in [5.41, 5.74) is 1.67. The minimum atomic E-state index is -3.75. The van der Waals surface area contributed by atoms with Crippen LogP contribution in [0.25, 0.3) is 0 Å². The third-order valence-corrected chi connectivity index (χ3v) is 7.50. The van der Waals surface area contributed by atoms with Crippen LogP contribution in [0.3, 0.4) is 0 Å². The molecular weight excluding hydrogens is 376 g/mol. The Kier molecular flexibility index (Phi) is 4.98. The molecule has 0 radical (unpaired) electrons. The molecule has 0 atom stereocenters. The molecule has 0 amide bonds. The molecule has 6 heteroatoms. The number of methoxy groups -OCH3 is 1. The monoisotopic (exact) mass is 402 g/mol. The van der Waals surface area contributed by atoms with Crippen molar-refractivity contribution < 1.29 is 22.1 Å². The standard InChI is InChI=1S/C22H26O5S/c1-17-3-9-20(10-4-17)28(23,24)27-16-21-11-13-22(14-12-21,26-15-21)18-5-7-19(25-2)8-6-18/h3-10H,11-16H2,1-2H3. The Hall–Kier alpha value is -1.89. The van der Waals surface area contributed by atoms with E-state index in [-0.39, 0.29) is 22.5 Å². The summed E-state index contributed by atoms with van der Waals surface area (Å²) < 4.78 is 42.1. The van der Waals surface area contributed by atoms with Gasteiger partial charge >= 0.3 is 0 Å². The van der Waals surface area contributed by atoms with E-state index in [1.54, 1.807) is 31.4 Å². The van der Waals surface area contributed by atoms with Crippen LogP contribution >= 0.6 is 0 Å². The summed E-state index contributed by atoms with van der Waals surface area (Å²) in [4.78, 5) is 0.203. The first-order chi connectivity index (χ1) is 13.4. The number of hydrogen-bond acceptors (Lipinski definition) is 5. The van der Waals surface area contributed by atoms with Gasteiger partial charge in [0.2, 0.25) is 0 Å². The lowest BCUT2D eigenvalue weighted by molar-refractivity contribution is -0.197. The first kappa shape index (κ1) is 19.4. The topological polar surface area (TPSA) is 61.8 Å². The fraction of sp³-hybridized carbons (Fsp3) is 0.455. The van der Waals surface area contributed by atoms with Crippen molar-refractivity contribution in [2.45, 2.75) is 43.1 Å². The zero-order valence-corrected chi connectivity index (χ0v) is 17.1. The minimum absolute atomic E-state index is 0.169. The molecule has 150 valence electrons. The van der Waals surface area contributed by atoms with Crippen molar-refractivity contribution in [3.05, 3.63) is 59.7 Å². The molecule has 2 aromatic rings. The molecule has 2 saturated heterocycles. The van der Waals surface area contributed by atoms with E-state index >= 15 is 0 Å². The van der Waals surface area contributed by atoms with Crippen LogP contribution in [0.1, 0.15) is 36.8 Å². The van der Waals surface area contributed by atoms with Gasteiger partial charge in [0, 0.05) is 5.41 Å². The highest BCUT2D eigenvalue weighted by molar-refractivity contribution is 7.86. The summed E-state index contributed by atoms with van der Waals surface area (Å²) in [6, 6.07) is 14.8. The molecule has 3 aliphatic rings. The molecule has 0 spiro atoms. The average Bonchev–Trinajstić information content (AvgIpc) is 2.74. The van der Waals surface area contributed by atoms with Crippen molar-refractivity contribution in [1.29, 1.82) is 0 Å². The molecule has 2 aromatic carbocycles. The second kappa shape index (κ2) is 7.17. The van der Waals surface area contributed by atoms with Crippen LogP contribution in [0.15, 0.2) is 53.4 Å². The van der Waals surface area contributed by atoms with Crippen molar-refractivity contribution >= 4 is 10.1 Å². The number of aryl methyl sites for hydroxylation is 1. The Morgan fingerprint density at radius 3 is 2.14 bits per heavy atom. The smallest absolute Gasteiger partial charge is 0.296 e. The summed E-state index contributed by atoms with van der Waals surface area (Å²) in [5, 5.41) is 0. The summed E-state index contributed by atoms with van der Waals surface area (Å²) in [7, 11) is -2.10. The van der Waals surface area contributed by atoms with E-state index in [1.807, 2.05) is 19.1 Å². The van der Waals surface area contributed by atoms with Crippen molar-refractivity contribution in [1.82, 2.24) is 0 Å². The molecule has 1 saturated carbocycles. The van der Waals surface area contributed by atoms with E-state index < -0.39 is 10.1 Å². The maximum absolute atomic E-state index is 12.5. The molecule has 0 aromatic heterocycles. The zero-order valence-electron chi connectivity index (χ0n) is 16.3. The van der Waals surface area contributed by atoms with Crippen molar-refractivity contribution in [3.63, 3.8) is 0 Å². The van der Waals surface area contributed by atoms with Gasteiger partial charge in [0.15, 0.2) is 0 Å². The van der Waals surface area contributed by atoms with Crippen LogP contribution in [-0.2, 0) is 24.6 Å². The highest BCUT2D eigenvalue weighted by Crippen LogP contribution is 2.53. The Morgan fingerprint density at radius 1 is 0.964 bits per heavy atom. The van der Waals surface area contributed by atoms with Crippen LogP contribution in [-0.4, -0.2) is 28.7 Å². The fourth-order valence-electron chi connectivity index (χ4n) is 4.19. The molecule has 0 N–H and O–H groups in total. The molecule has 28 heavy (non-hydrogen) atoms. The van der Waals surface area contributed by atoms with E-state index in [0.717, 1.165) is 42.6 Å². The summed E-state index contributed by atoms with van der Waals surface area (Å²) in [5.74, 6) is 0.829. The van der Waals surface area contributed by atoms with E-state index in [2.05, 4.69) is 12.1 Å². The van der Waals surface area contributed by atoms with Crippen LogP contribution in [0.5, 0.6) is 5.75 Å². The van der Waals surface area contributed by atoms with Crippen LogP contribution in [0.2, 0.25) is 0 Å². The average molecular weight is 403 g/mol. The van der Waals surface area contributed by atoms with Crippen molar-refractivity contribution in [2.24, 2.45) is 5.41 Å².